The summed E-state index contributed by atoms with van der Waals surface area (Å²) in [5.74, 6) is 0.218. The number of rotatable bonds is 5. The van der Waals surface area contributed by atoms with Gasteiger partial charge < -0.3 is 0 Å². The van der Waals surface area contributed by atoms with E-state index in [0.717, 1.165) is 0 Å². The maximum Gasteiger partial charge on any atom is 0.0352 e. The van der Waals surface area contributed by atoms with E-state index in [1.54, 1.807) is 0 Å². The monoisotopic (exact) mass is 696 g/mol. The van der Waals surface area contributed by atoms with Crippen LogP contribution in [0, 0.1) is 0 Å². The van der Waals surface area contributed by atoms with Crippen LogP contribution in [-0.2, 0) is 0 Å². The van der Waals surface area contributed by atoms with E-state index in [2.05, 4.69) is 212 Å². The van der Waals surface area contributed by atoms with Crippen LogP contribution in [0.2, 0.25) is 0 Å². The van der Waals surface area contributed by atoms with Crippen LogP contribution in [0.15, 0.2) is 206 Å². The van der Waals surface area contributed by atoms with Gasteiger partial charge in [-0.1, -0.05) is 188 Å². The molecular weight excluding hydrogens is 661 g/mol. The fourth-order valence-corrected chi connectivity index (χ4v) is 9.10. The van der Waals surface area contributed by atoms with Crippen molar-refractivity contribution >= 4 is 54.7 Å². The second-order valence-electron chi connectivity index (χ2n) is 14.8. The van der Waals surface area contributed by atoms with Crippen LogP contribution in [0.25, 0.3) is 88.1 Å². The lowest BCUT2D eigenvalue weighted by atomic mass is 9.83. The first kappa shape index (κ1) is 31.5. The third-order valence-corrected chi connectivity index (χ3v) is 11.7. The van der Waals surface area contributed by atoms with Gasteiger partial charge in [0.1, 0.15) is 0 Å². The third kappa shape index (κ3) is 5.30. The zero-order valence-electron chi connectivity index (χ0n) is 30.3. The van der Waals surface area contributed by atoms with Crippen molar-refractivity contribution in [2.75, 3.05) is 0 Å². The van der Waals surface area contributed by atoms with Gasteiger partial charge in [0.05, 0.1) is 0 Å². The van der Waals surface area contributed by atoms with E-state index in [1.165, 1.54) is 104 Å². The molecule has 0 N–H and O–H groups in total. The van der Waals surface area contributed by atoms with Gasteiger partial charge >= 0.3 is 0 Å². The van der Waals surface area contributed by atoms with Gasteiger partial charge in [-0.05, 0) is 129 Å². The fourth-order valence-electron chi connectivity index (χ4n) is 9.10. The lowest BCUT2D eigenvalue weighted by Gasteiger charge is -2.20. The summed E-state index contributed by atoms with van der Waals surface area (Å²) < 4.78 is 0. The first-order valence-electron chi connectivity index (χ1n) is 19.2. The molecule has 0 aliphatic heterocycles. The molecule has 0 spiro atoms. The average Bonchev–Trinajstić information content (AvgIpc) is 3.65. The van der Waals surface area contributed by atoms with E-state index in [-0.39, 0.29) is 5.92 Å². The molecule has 0 fully saturated rings. The van der Waals surface area contributed by atoms with Crippen molar-refractivity contribution in [2.45, 2.75) is 5.92 Å². The van der Waals surface area contributed by atoms with Crippen LogP contribution in [-0.4, -0.2) is 0 Å². The third-order valence-electron chi connectivity index (χ3n) is 11.7. The Bertz CT molecular complexity index is 3130. The van der Waals surface area contributed by atoms with Crippen molar-refractivity contribution in [3.8, 4) is 33.4 Å². The summed E-state index contributed by atoms with van der Waals surface area (Å²) in [7, 11) is 0. The first-order valence-corrected chi connectivity index (χ1v) is 19.2. The predicted octanol–water partition coefficient (Wildman–Crippen LogP) is 15.0. The lowest BCUT2D eigenvalue weighted by Crippen LogP contribution is -2.01. The van der Waals surface area contributed by atoms with E-state index in [0.29, 0.717) is 0 Å². The highest BCUT2D eigenvalue weighted by molar-refractivity contribution is 6.22. The number of allylic oxidation sites excluding steroid dienone is 1. The second-order valence-corrected chi connectivity index (χ2v) is 14.8. The number of fused-ring (bicyclic) bond motifs is 5. The van der Waals surface area contributed by atoms with Crippen LogP contribution in [0.1, 0.15) is 28.2 Å². The van der Waals surface area contributed by atoms with Crippen molar-refractivity contribution in [1.29, 1.82) is 0 Å². The normalized spacial score (nSPS) is 13.7. The molecule has 1 aliphatic carbocycles. The van der Waals surface area contributed by atoms with Crippen LogP contribution in [0.4, 0.5) is 0 Å². The number of hydrogen-bond acceptors (Lipinski definition) is 0. The zero-order chi connectivity index (χ0) is 36.3. The second kappa shape index (κ2) is 12.8. The lowest BCUT2D eigenvalue weighted by molar-refractivity contribution is 1.07. The molecule has 1 unspecified atom stereocenters. The Balaban J connectivity index is 1.10. The molecule has 0 saturated carbocycles. The van der Waals surface area contributed by atoms with Crippen LogP contribution < -0.4 is 0 Å². The van der Waals surface area contributed by atoms with Crippen molar-refractivity contribution in [1.82, 2.24) is 0 Å². The topological polar surface area (TPSA) is 0 Å². The Labute approximate surface area is 321 Å². The Morgan fingerprint density at radius 2 is 0.782 bits per heavy atom. The van der Waals surface area contributed by atoms with Gasteiger partial charge in [0.25, 0.3) is 0 Å². The fraction of sp³-hybridized carbons (Fsp3) is 0.0182. The molecule has 1 atom stereocenters. The van der Waals surface area contributed by atoms with Gasteiger partial charge in [0.2, 0.25) is 0 Å². The molecular formula is C55H36. The average molecular weight is 697 g/mol. The van der Waals surface area contributed by atoms with Gasteiger partial charge in [-0.2, -0.15) is 0 Å². The van der Waals surface area contributed by atoms with E-state index in [9.17, 15) is 0 Å². The molecule has 1 aliphatic rings. The maximum atomic E-state index is 2.43. The molecule has 11 rings (SSSR count). The standard InChI is InChI=1S/C55H36/c1-2-14-40(15-3-1)53-47-19-9-8-18-44(47)35-51(53)39-26-22-38(23-27-39)43-30-31-50-52(34-43)55(46-29-25-37-13-5-7-17-42(37)33-46)49-21-11-10-20-48(49)54(50)45-28-24-36-12-4-6-16-41(36)32-45/h1-35,53H. The van der Waals surface area contributed by atoms with Crippen LogP contribution >= 0.6 is 0 Å². The summed E-state index contributed by atoms with van der Waals surface area (Å²) in [4.78, 5) is 0. The highest BCUT2D eigenvalue weighted by Crippen LogP contribution is 2.48. The van der Waals surface area contributed by atoms with E-state index >= 15 is 0 Å². The van der Waals surface area contributed by atoms with Gasteiger partial charge in [0.15, 0.2) is 0 Å². The Hall–Kier alpha value is -7.02. The summed E-state index contributed by atoms with van der Waals surface area (Å²) >= 11 is 0. The minimum absolute atomic E-state index is 0.218. The number of benzene rings is 10. The molecule has 0 heteroatoms. The summed E-state index contributed by atoms with van der Waals surface area (Å²) in [6, 6.07) is 76.3. The van der Waals surface area contributed by atoms with Crippen molar-refractivity contribution in [3.05, 3.63) is 229 Å². The van der Waals surface area contributed by atoms with Gasteiger partial charge in [-0.15, -0.1) is 0 Å². The molecule has 0 aromatic heterocycles. The molecule has 0 radical (unpaired) electrons. The van der Waals surface area contributed by atoms with Crippen molar-refractivity contribution < 1.29 is 0 Å². The van der Waals surface area contributed by atoms with Gasteiger partial charge in [-0.25, -0.2) is 0 Å². The Morgan fingerprint density at radius 3 is 1.45 bits per heavy atom. The largest absolute Gasteiger partial charge is 0.0622 e. The Morgan fingerprint density at radius 1 is 0.291 bits per heavy atom. The molecule has 0 amide bonds. The van der Waals surface area contributed by atoms with Crippen molar-refractivity contribution in [3.63, 3.8) is 0 Å². The smallest absolute Gasteiger partial charge is 0.0352 e. The van der Waals surface area contributed by atoms with E-state index < -0.39 is 0 Å². The first-order chi connectivity index (χ1) is 27.3. The molecule has 256 valence electrons. The van der Waals surface area contributed by atoms with Gasteiger partial charge in [0, 0.05) is 5.92 Å². The molecule has 0 saturated heterocycles. The van der Waals surface area contributed by atoms with Gasteiger partial charge in [-0.3, -0.25) is 0 Å². The highest BCUT2D eigenvalue weighted by atomic mass is 14.3. The predicted molar refractivity (Wildman–Crippen MR) is 235 cm³/mol. The summed E-state index contributed by atoms with van der Waals surface area (Å²) in [5.41, 5.74) is 14.1. The summed E-state index contributed by atoms with van der Waals surface area (Å²) in [6.07, 6.45) is 2.38. The maximum absolute atomic E-state index is 2.43. The molecule has 10 aromatic carbocycles. The molecule has 0 bridgehead atoms. The quantitative estimate of drug-likeness (QED) is 0.157. The van der Waals surface area contributed by atoms with E-state index in [1.807, 2.05) is 0 Å². The molecule has 0 heterocycles. The van der Waals surface area contributed by atoms with Crippen molar-refractivity contribution in [2.24, 2.45) is 0 Å². The Kier molecular flexibility index (Phi) is 7.35. The SMILES string of the molecule is C1=C(c2ccc(-c3ccc4c(-c5ccc6ccccc6c5)c5ccccc5c(-c5ccc6ccccc6c5)c4c3)cc2)C(c2ccccc2)c2ccccc21. The minimum Gasteiger partial charge on any atom is -0.0622 e. The summed E-state index contributed by atoms with van der Waals surface area (Å²) in [6.45, 7) is 0. The summed E-state index contributed by atoms with van der Waals surface area (Å²) in [5, 5.41) is 10.1. The minimum atomic E-state index is 0.218. The molecule has 0 nitrogen and oxygen atoms in total. The highest BCUT2D eigenvalue weighted by Gasteiger charge is 2.27. The molecule has 10 aromatic rings. The van der Waals surface area contributed by atoms with E-state index in [4.69, 9.17) is 0 Å². The molecule has 55 heavy (non-hydrogen) atoms. The van der Waals surface area contributed by atoms with Crippen LogP contribution in [0.3, 0.4) is 0 Å². The number of hydrogen-bond donors (Lipinski definition) is 0. The van der Waals surface area contributed by atoms with Crippen LogP contribution in [0.5, 0.6) is 0 Å². The zero-order valence-corrected chi connectivity index (χ0v) is 30.3.